The molecule has 34 heavy (non-hydrogen) atoms. The van der Waals surface area contributed by atoms with E-state index in [1.165, 1.54) is 0 Å². The summed E-state index contributed by atoms with van der Waals surface area (Å²) in [5.41, 5.74) is 3.13. The lowest BCUT2D eigenvalue weighted by Crippen LogP contribution is -2.43. The van der Waals surface area contributed by atoms with Gasteiger partial charge in [-0.3, -0.25) is 14.3 Å². The third-order valence-electron chi connectivity index (χ3n) is 6.22. The Morgan fingerprint density at radius 3 is 2.29 bits per heavy atom. The van der Waals surface area contributed by atoms with E-state index in [1.807, 2.05) is 19.1 Å². The van der Waals surface area contributed by atoms with Gasteiger partial charge in [-0.05, 0) is 69.4 Å². The van der Waals surface area contributed by atoms with Gasteiger partial charge in [0.15, 0.2) is 0 Å². The van der Waals surface area contributed by atoms with E-state index in [4.69, 9.17) is 0 Å². The molecule has 0 aliphatic carbocycles. The topological polar surface area (TPSA) is 95.6 Å². The van der Waals surface area contributed by atoms with Crippen LogP contribution in [0.2, 0.25) is 0 Å². The number of rotatable bonds is 8. The molecule has 1 aliphatic heterocycles. The van der Waals surface area contributed by atoms with Crippen LogP contribution in [0.25, 0.3) is 0 Å². The van der Waals surface area contributed by atoms with Crippen molar-refractivity contribution < 1.29 is 18.0 Å². The second-order valence-corrected chi connectivity index (χ2v) is 10.7. The fraction of sp³-hybridized carbons (Fsp3) is 0.462. The normalized spacial score (nSPS) is 14.6. The minimum absolute atomic E-state index is 0.0682. The predicted octanol–water partition coefficient (Wildman–Crippen LogP) is 4.18. The Morgan fingerprint density at radius 2 is 1.68 bits per heavy atom. The van der Waals surface area contributed by atoms with Crippen molar-refractivity contribution >= 4 is 27.5 Å². The van der Waals surface area contributed by atoms with Crippen LogP contribution >= 0.6 is 0 Å². The summed E-state index contributed by atoms with van der Waals surface area (Å²) in [7, 11) is -3.80. The molecule has 1 heterocycles. The van der Waals surface area contributed by atoms with Gasteiger partial charge in [0.05, 0.1) is 4.90 Å². The molecular weight excluding hydrogens is 450 g/mol. The van der Waals surface area contributed by atoms with Crippen LogP contribution < -0.4 is 10.0 Å². The molecule has 0 radical (unpaired) electrons. The van der Waals surface area contributed by atoms with Gasteiger partial charge in [-0.1, -0.05) is 37.1 Å². The van der Waals surface area contributed by atoms with Crippen LogP contribution in [0.3, 0.4) is 0 Å². The van der Waals surface area contributed by atoms with Crippen LogP contribution in [0.1, 0.15) is 59.7 Å². The number of likely N-dealkylation sites (tertiary alicyclic amines) is 1. The SMILES string of the molecule is CCCCNC(=O)C1CCN(C(=O)c2cccc(NS(=O)(=O)c3c(C)cc(C)cc3C)c2)CC1. The van der Waals surface area contributed by atoms with Crippen molar-refractivity contribution in [1.29, 1.82) is 0 Å². The molecule has 7 nitrogen and oxygen atoms in total. The standard InChI is InChI=1S/C26H35N3O4S/c1-5-6-12-27-25(30)21-10-13-29(14-11-21)26(31)22-8-7-9-23(17-22)28-34(32,33)24-19(3)15-18(2)16-20(24)4/h7-9,15-17,21,28H,5-6,10-14H2,1-4H3,(H,27,30). The van der Waals surface area contributed by atoms with Crippen LogP contribution in [-0.2, 0) is 14.8 Å². The summed E-state index contributed by atoms with van der Waals surface area (Å²) in [6.45, 7) is 9.27. The number of hydrogen-bond acceptors (Lipinski definition) is 4. The summed E-state index contributed by atoms with van der Waals surface area (Å²) < 4.78 is 28.8. The fourth-order valence-corrected chi connectivity index (χ4v) is 6.08. The van der Waals surface area contributed by atoms with E-state index < -0.39 is 10.0 Å². The molecule has 0 atom stereocenters. The maximum atomic E-state index is 13.1. The predicted molar refractivity (Wildman–Crippen MR) is 134 cm³/mol. The monoisotopic (exact) mass is 485 g/mol. The van der Waals surface area contributed by atoms with Gasteiger partial charge in [-0.2, -0.15) is 0 Å². The Morgan fingerprint density at radius 1 is 1.03 bits per heavy atom. The van der Waals surface area contributed by atoms with Gasteiger partial charge < -0.3 is 10.2 Å². The highest BCUT2D eigenvalue weighted by atomic mass is 32.2. The molecule has 2 aromatic carbocycles. The second-order valence-electron chi connectivity index (χ2n) is 9.13. The van der Waals surface area contributed by atoms with E-state index in [1.54, 1.807) is 43.0 Å². The number of anilines is 1. The number of carbonyl (C=O) groups is 2. The van der Waals surface area contributed by atoms with Gasteiger partial charge in [-0.25, -0.2) is 8.42 Å². The van der Waals surface area contributed by atoms with Crippen LogP contribution in [-0.4, -0.2) is 44.8 Å². The van der Waals surface area contributed by atoms with Gasteiger partial charge >= 0.3 is 0 Å². The molecule has 8 heteroatoms. The highest BCUT2D eigenvalue weighted by molar-refractivity contribution is 7.92. The fourth-order valence-electron chi connectivity index (χ4n) is 4.57. The number of amides is 2. The van der Waals surface area contributed by atoms with Gasteiger partial charge in [0, 0.05) is 36.8 Å². The highest BCUT2D eigenvalue weighted by Gasteiger charge is 2.28. The summed E-state index contributed by atoms with van der Waals surface area (Å²) in [4.78, 5) is 27.4. The summed E-state index contributed by atoms with van der Waals surface area (Å²) in [6.07, 6.45) is 3.25. The summed E-state index contributed by atoms with van der Waals surface area (Å²) in [5.74, 6) is -0.160. The third kappa shape index (κ3) is 6.17. The molecule has 184 valence electrons. The molecule has 2 amide bonds. The first-order valence-electron chi connectivity index (χ1n) is 11.9. The average Bonchev–Trinajstić information content (AvgIpc) is 2.77. The molecule has 0 bridgehead atoms. The van der Waals surface area contributed by atoms with Gasteiger partial charge in [0.25, 0.3) is 15.9 Å². The number of nitrogens with one attached hydrogen (secondary N) is 2. The molecule has 0 saturated carbocycles. The number of carbonyl (C=O) groups excluding carboxylic acids is 2. The molecule has 1 saturated heterocycles. The Bertz CT molecular complexity index is 1130. The minimum atomic E-state index is -3.80. The zero-order valence-electron chi connectivity index (χ0n) is 20.5. The summed E-state index contributed by atoms with van der Waals surface area (Å²) in [6, 6.07) is 10.3. The number of sulfonamides is 1. The number of hydrogen-bond donors (Lipinski definition) is 2. The third-order valence-corrected chi connectivity index (χ3v) is 7.90. The number of unbranched alkanes of at least 4 members (excludes halogenated alkanes) is 1. The lowest BCUT2D eigenvalue weighted by atomic mass is 9.95. The van der Waals surface area contributed by atoms with Crippen LogP contribution in [0.4, 0.5) is 5.69 Å². The highest BCUT2D eigenvalue weighted by Crippen LogP contribution is 2.25. The van der Waals surface area contributed by atoms with E-state index in [0.717, 1.165) is 18.4 Å². The van der Waals surface area contributed by atoms with E-state index in [-0.39, 0.29) is 22.6 Å². The second kappa shape index (κ2) is 11.0. The molecule has 0 spiro atoms. The molecule has 1 aliphatic rings. The lowest BCUT2D eigenvalue weighted by Gasteiger charge is -2.31. The van der Waals surface area contributed by atoms with Crippen molar-refractivity contribution in [1.82, 2.24) is 10.2 Å². The van der Waals surface area contributed by atoms with E-state index in [9.17, 15) is 18.0 Å². The van der Waals surface area contributed by atoms with Gasteiger partial charge in [0.2, 0.25) is 5.91 Å². The molecule has 2 aromatic rings. The van der Waals surface area contributed by atoms with E-state index >= 15 is 0 Å². The largest absolute Gasteiger partial charge is 0.356 e. The van der Waals surface area contributed by atoms with Crippen LogP contribution in [0, 0.1) is 26.7 Å². The van der Waals surface area contributed by atoms with Crippen molar-refractivity contribution in [3.8, 4) is 0 Å². The number of nitrogens with zero attached hydrogens (tertiary/aromatic N) is 1. The first-order valence-corrected chi connectivity index (χ1v) is 13.4. The van der Waals surface area contributed by atoms with Crippen LogP contribution in [0.5, 0.6) is 0 Å². The van der Waals surface area contributed by atoms with Crippen molar-refractivity contribution in [2.75, 3.05) is 24.4 Å². The Labute approximate surface area is 203 Å². The lowest BCUT2D eigenvalue weighted by molar-refractivity contribution is -0.126. The van der Waals surface area contributed by atoms with Gasteiger partial charge in [-0.15, -0.1) is 0 Å². The number of aryl methyl sites for hydroxylation is 3. The summed E-state index contributed by atoms with van der Waals surface area (Å²) in [5, 5.41) is 2.98. The maximum absolute atomic E-state index is 13.1. The minimum Gasteiger partial charge on any atom is -0.356 e. The van der Waals surface area contributed by atoms with Crippen molar-refractivity contribution in [2.45, 2.75) is 58.3 Å². The Hall–Kier alpha value is -2.87. The van der Waals surface area contributed by atoms with Crippen molar-refractivity contribution in [2.24, 2.45) is 5.92 Å². The number of benzene rings is 2. The smallest absolute Gasteiger partial charge is 0.262 e. The first kappa shape index (κ1) is 25.7. The molecule has 3 rings (SSSR count). The maximum Gasteiger partial charge on any atom is 0.262 e. The molecule has 1 fully saturated rings. The van der Waals surface area contributed by atoms with Crippen molar-refractivity contribution in [3.05, 3.63) is 58.7 Å². The molecule has 0 unspecified atom stereocenters. The quantitative estimate of drug-likeness (QED) is 0.548. The zero-order valence-corrected chi connectivity index (χ0v) is 21.3. The van der Waals surface area contributed by atoms with Crippen molar-refractivity contribution in [3.63, 3.8) is 0 Å². The average molecular weight is 486 g/mol. The Balaban J connectivity index is 1.67. The van der Waals surface area contributed by atoms with E-state index in [2.05, 4.69) is 17.0 Å². The zero-order chi connectivity index (χ0) is 24.9. The summed E-state index contributed by atoms with van der Waals surface area (Å²) >= 11 is 0. The molecule has 0 aromatic heterocycles. The van der Waals surface area contributed by atoms with Gasteiger partial charge in [0.1, 0.15) is 0 Å². The first-order chi connectivity index (χ1) is 16.1. The van der Waals surface area contributed by atoms with E-state index in [0.29, 0.717) is 54.9 Å². The van der Waals surface area contributed by atoms with Crippen LogP contribution in [0.15, 0.2) is 41.3 Å². The molecular formula is C26H35N3O4S. The Kier molecular flexibility index (Phi) is 8.36. The molecule has 2 N–H and O–H groups in total. The number of piperidine rings is 1.